The van der Waals surface area contributed by atoms with Gasteiger partial charge < -0.3 is 10.2 Å². The summed E-state index contributed by atoms with van der Waals surface area (Å²) in [6, 6.07) is 15.5. The van der Waals surface area contributed by atoms with Gasteiger partial charge in [0.15, 0.2) is 0 Å². The second-order valence-electron chi connectivity index (χ2n) is 6.09. The molecule has 0 fully saturated rings. The molecule has 0 atom stereocenters. The first-order chi connectivity index (χ1) is 11.9. The maximum absolute atomic E-state index is 12.2. The quantitative estimate of drug-likeness (QED) is 0.825. The van der Waals surface area contributed by atoms with E-state index in [1.54, 1.807) is 4.90 Å². The minimum atomic E-state index is -0.164. The predicted molar refractivity (Wildman–Crippen MR) is 100 cm³/mol. The Kier molecular flexibility index (Phi) is 7.02. The highest BCUT2D eigenvalue weighted by molar-refractivity contribution is 6.30. The molecule has 2 amide bonds. The smallest absolute Gasteiger partial charge is 0.239 e. The summed E-state index contributed by atoms with van der Waals surface area (Å²) in [7, 11) is 0. The minimum absolute atomic E-state index is 0.0573. The molecule has 0 aromatic heterocycles. The number of nitrogens with one attached hydrogen (secondary N) is 1. The van der Waals surface area contributed by atoms with Crippen LogP contribution >= 0.6 is 11.6 Å². The molecule has 0 unspecified atom stereocenters. The van der Waals surface area contributed by atoms with Gasteiger partial charge in [0.25, 0.3) is 0 Å². The van der Waals surface area contributed by atoms with E-state index < -0.39 is 0 Å². The first-order valence-electron chi connectivity index (χ1n) is 8.26. The Bertz CT molecular complexity index is 746. The van der Waals surface area contributed by atoms with Crippen LogP contribution in [0.15, 0.2) is 48.5 Å². The molecule has 0 heterocycles. The number of hydrogen-bond donors (Lipinski definition) is 1. The number of hydrogen-bond acceptors (Lipinski definition) is 2. The summed E-state index contributed by atoms with van der Waals surface area (Å²) < 4.78 is 0. The Morgan fingerprint density at radius 2 is 1.80 bits per heavy atom. The molecule has 0 aliphatic carbocycles. The molecule has 5 heteroatoms. The summed E-state index contributed by atoms with van der Waals surface area (Å²) in [6.45, 7) is 4.49. The summed E-state index contributed by atoms with van der Waals surface area (Å²) in [5.74, 6) is -0.282. The van der Waals surface area contributed by atoms with Crippen molar-refractivity contribution in [3.63, 3.8) is 0 Å². The molecular formula is C20H23ClN2O2. The van der Waals surface area contributed by atoms with E-state index in [0.29, 0.717) is 24.5 Å². The van der Waals surface area contributed by atoms with E-state index in [4.69, 9.17) is 11.6 Å². The van der Waals surface area contributed by atoms with E-state index in [0.717, 1.165) is 16.7 Å². The Morgan fingerprint density at radius 1 is 1.08 bits per heavy atom. The second kappa shape index (κ2) is 9.23. The van der Waals surface area contributed by atoms with Gasteiger partial charge in [-0.1, -0.05) is 53.6 Å². The summed E-state index contributed by atoms with van der Waals surface area (Å²) in [5, 5.41) is 3.53. The number of carbonyl (C=O) groups excluding carboxylic acids is 2. The van der Waals surface area contributed by atoms with Crippen molar-refractivity contribution in [3.8, 4) is 0 Å². The lowest BCUT2D eigenvalue weighted by molar-refractivity contribution is -0.134. The molecule has 0 saturated carbocycles. The molecule has 0 bridgehead atoms. The van der Waals surface area contributed by atoms with Crippen LogP contribution in [0.25, 0.3) is 0 Å². The average Bonchev–Trinajstić information content (AvgIpc) is 2.56. The number of nitrogens with zero attached hydrogens (tertiary/aromatic N) is 1. The molecular weight excluding hydrogens is 336 g/mol. The topological polar surface area (TPSA) is 49.4 Å². The Labute approximate surface area is 153 Å². The van der Waals surface area contributed by atoms with E-state index >= 15 is 0 Å². The van der Waals surface area contributed by atoms with E-state index in [1.807, 2.05) is 55.5 Å². The number of benzene rings is 2. The molecule has 25 heavy (non-hydrogen) atoms. The normalized spacial score (nSPS) is 10.4. The van der Waals surface area contributed by atoms with Crippen LogP contribution in [-0.2, 0) is 22.6 Å². The van der Waals surface area contributed by atoms with Crippen molar-refractivity contribution >= 4 is 23.4 Å². The molecule has 0 spiro atoms. The van der Waals surface area contributed by atoms with Gasteiger partial charge in [-0.2, -0.15) is 0 Å². The zero-order valence-electron chi connectivity index (χ0n) is 14.6. The summed E-state index contributed by atoms with van der Waals surface area (Å²) in [5.41, 5.74) is 3.24. The van der Waals surface area contributed by atoms with E-state index in [9.17, 15) is 9.59 Å². The summed E-state index contributed by atoms with van der Waals surface area (Å²) >= 11 is 5.97. The predicted octanol–water partition coefficient (Wildman–Crippen LogP) is 3.36. The van der Waals surface area contributed by atoms with Gasteiger partial charge in [0.1, 0.15) is 0 Å². The van der Waals surface area contributed by atoms with E-state index in [-0.39, 0.29) is 18.4 Å². The molecule has 1 N–H and O–H groups in total. The van der Waals surface area contributed by atoms with Gasteiger partial charge in [-0.05, 0) is 36.6 Å². The van der Waals surface area contributed by atoms with Crippen LogP contribution in [0.4, 0.5) is 0 Å². The van der Waals surface area contributed by atoms with Gasteiger partial charge in [0, 0.05) is 25.0 Å². The lowest BCUT2D eigenvalue weighted by atomic mass is 10.1. The fourth-order valence-corrected chi connectivity index (χ4v) is 2.77. The number of halogens is 1. The van der Waals surface area contributed by atoms with Crippen molar-refractivity contribution in [3.05, 3.63) is 70.2 Å². The first-order valence-corrected chi connectivity index (χ1v) is 8.64. The van der Waals surface area contributed by atoms with Gasteiger partial charge in [-0.3, -0.25) is 9.59 Å². The van der Waals surface area contributed by atoms with Crippen LogP contribution in [0.5, 0.6) is 0 Å². The Hall–Kier alpha value is -2.33. The van der Waals surface area contributed by atoms with E-state index in [2.05, 4.69) is 5.32 Å². The van der Waals surface area contributed by atoms with Crippen LogP contribution in [0.1, 0.15) is 23.6 Å². The van der Waals surface area contributed by atoms with Crippen molar-refractivity contribution in [1.82, 2.24) is 10.2 Å². The fraction of sp³-hybridized carbons (Fsp3) is 0.300. The summed E-state index contributed by atoms with van der Waals surface area (Å²) in [6.07, 6.45) is 0.658. The fourth-order valence-electron chi connectivity index (χ4n) is 2.56. The second-order valence-corrected chi connectivity index (χ2v) is 6.52. The highest BCUT2D eigenvalue weighted by Gasteiger charge is 2.13. The van der Waals surface area contributed by atoms with E-state index in [1.165, 1.54) is 6.92 Å². The standard InChI is InChI=1S/C20H23ClN2O2/c1-15-5-3-7-18(11-15)13-22-20(25)14-23(16(2)24)10-9-17-6-4-8-19(21)12-17/h3-8,11-12H,9-10,13-14H2,1-2H3,(H,22,25). The average molecular weight is 359 g/mol. The molecule has 0 aliphatic heterocycles. The van der Waals surface area contributed by atoms with Gasteiger partial charge in [-0.25, -0.2) is 0 Å². The number of rotatable bonds is 7. The zero-order chi connectivity index (χ0) is 18.2. The maximum atomic E-state index is 12.2. The molecule has 2 aromatic carbocycles. The van der Waals surface area contributed by atoms with Gasteiger partial charge >= 0.3 is 0 Å². The van der Waals surface area contributed by atoms with Crippen LogP contribution < -0.4 is 5.32 Å². The number of aryl methyl sites for hydroxylation is 1. The Balaban J connectivity index is 1.85. The van der Waals surface area contributed by atoms with Crippen molar-refractivity contribution in [1.29, 1.82) is 0 Å². The monoisotopic (exact) mass is 358 g/mol. The molecule has 132 valence electrons. The van der Waals surface area contributed by atoms with Crippen molar-refractivity contribution < 1.29 is 9.59 Å². The molecule has 0 radical (unpaired) electrons. The zero-order valence-corrected chi connectivity index (χ0v) is 15.3. The van der Waals surface area contributed by atoms with Gasteiger partial charge in [0.2, 0.25) is 11.8 Å². The first kappa shape index (κ1) is 19.0. The molecule has 0 saturated heterocycles. The lowest BCUT2D eigenvalue weighted by Gasteiger charge is -2.20. The third kappa shape index (κ3) is 6.59. The minimum Gasteiger partial charge on any atom is -0.350 e. The van der Waals surface area contributed by atoms with Crippen molar-refractivity contribution in [2.24, 2.45) is 0 Å². The SMILES string of the molecule is CC(=O)N(CCc1cccc(Cl)c1)CC(=O)NCc1cccc(C)c1. The highest BCUT2D eigenvalue weighted by atomic mass is 35.5. The van der Waals surface area contributed by atoms with Gasteiger partial charge in [-0.15, -0.1) is 0 Å². The maximum Gasteiger partial charge on any atom is 0.239 e. The number of amides is 2. The lowest BCUT2D eigenvalue weighted by Crippen LogP contribution is -2.40. The van der Waals surface area contributed by atoms with Crippen LogP contribution in [-0.4, -0.2) is 29.8 Å². The third-order valence-electron chi connectivity index (χ3n) is 3.91. The number of carbonyl (C=O) groups is 2. The molecule has 2 aromatic rings. The van der Waals surface area contributed by atoms with Crippen molar-refractivity contribution in [2.45, 2.75) is 26.8 Å². The van der Waals surface area contributed by atoms with Gasteiger partial charge in [0.05, 0.1) is 6.54 Å². The van der Waals surface area contributed by atoms with Crippen LogP contribution in [0.3, 0.4) is 0 Å². The summed E-state index contributed by atoms with van der Waals surface area (Å²) in [4.78, 5) is 25.5. The van der Waals surface area contributed by atoms with Crippen molar-refractivity contribution in [2.75, 3.05) is 13.1 Å². The third-order valence-corrected chi connectivity index (χ3v) is 4.15. The molecule has 2 rings (SSSR count). The Morgan fingerprint density at radius 3 is 2.48 bits per heavy atom. The van der Waals surface area contributed by atoms with Crippen LogP contribution in [0, 0.1) is 6.92 Å². The largest absolute Gasteiger partial charge is 0.350 e. The molecule has 0 aliphatic rings. The molecule has 4 nitrogen and oxygen atoms in total. The highest BCUT2D eigenvalue weighted by Crippen LogP contribution is 2.11. The van der Waals surface area contributed by atoms with Crippen LogP contribution in [0.2, 0.25) is 5.02 Å².